The molecule has 2 nitrogen and oxygen atoms in total. The molecule has 0 amide bonds. The number of pyridine rings is 1. The predicted molar refractivity (Wildman–Crippen MR) is 71.5 cm³/mol. The second kappa shape index (κ2) is 6.46. The molecule has 0 bridgehead atoms. The Morgan fingerprint density at radius 2 is 1.84 bits per heavy atom. The molecule has 6 heteroatoms. The molecule has 0 saturated heterocycles. The van der Waals surface area contributed by atoms with Crippen molar-refractivity contribution >= 4 is 17.4 Å². The van der Waals surface area contributed by atoms with Gasteiger partial charge in [-0.2, -0.15) is 13.2 Å². The predicted octanol–water partition coefficient (Wildman–Crippen LogP) is 4.56. The fraction of sp³-hybridized carbons (Fsp3) is 0.615. The second-order valence-corrected chi connectivity index (χ2v) is 4.87. The van der Waals surface area contributed by atoms with Crippen LogP contribution in [0.5, 0.6) is 0 Å². The molecule has 0 unspecified atom stereocenters. The summed E-state index contributed by atoms with van der Waals surface area (Å²) in [5.74, 6) is 0.692. The third-order valence-electron chi connectivity index (χ3n) is 3.47. The van der Waals surface area contributed by atoms with Gasteiger partial charge < -0.3 is 5.32 Å². The van der Waals surface area contributed by atoms with E-state index < -0.39 is 11.9 Å². The van der Waals surface area contributed by atoms with Crippen LogP contribution >= 0.6 is 11.6 Å². The molecule has 0 aliphatic heterocycles. The lowest BCUT2D eigenvalue weighted by Gasteiger charge is -2.29. The molecule has 1 rings (SSSR count). The zero-order valence-electron chi connectivity index (χ0n) is 11.0. The van der Waals surface area contributed by atoms with Crippen LogP contribution in [0.25, 0.3) is 0 Å². The molecule has 0 aliphatic carbocycles. The summed E-state index contributed by atoms with van der Waals surface area (Å²) in [5, 5.41) is 2.96. The van der Waals surface area contributed by atoms with Crippen molar-refractivity contribution in [3.63, 3.8) is 0 Å². The van der Waals surface area contributed by atoms with Crippen molar-refractivity contribution < 1.29 is 13.2 Å². The Hall–Kier alpha value is -0.970. The van der Waals surface area contributed by atoms with E-state index >= 15 is 0 Å². The van der Waals surface area contributed by atoms with Gasteiger partial charge in [0.25, 0.3) is 0 Å². The summed E-state index contributed by atoms with van der Waals surface area (Å²) in [5.41, 5.74) is -1.00. The standard InChI is InChI=1S/C13H18ClF3N2/c1-3-12(4-2,8-14)9-18-11-7-5-6-10(19-11)13(15,16)17/h5-7H,3-4,8-9H2,1-2H3,(H,18,19). The van der Waals surface area contributed by atoms with Crippen molar-refractivity contribution in [2.75, 3.05) is 17.7 Å². The molecule has 0 aromatic carbocycles. The molecule has 0 aliphatic rings. The lowest BCUT2D eigenvalue weighted by Crippen LogP contribution is -2.30. The van der Waals surface area contributed by atoms with Crippen molar-refractivity contribution in [3.05, 3.63) is 23.9 Å². The van der Waals surface area contributed by atoms with Crippen molar-refractivity contribution in [1.29, 1.82) is 0 Å². The van der Waals surface area contributed by atoms with E-state index in [1.165, 1.54) is 12.1 Å². The van der Waals surface area contributed by atoms with Gasteiger partial charge in [-0.25, -0.2) is 4.98 Å². The zero-order valence-corrected chi connectivity index (χ0v) is 11.8. The van der Waals surface area contributed by atoms with Crippen LogP contribution in [0.3, 0.4) is 0 Å². The van der Waals surface area contributed by atoms with Gasteiger partial charge in [0.2, 0.25) is 0 Å². The first kappa shape index (κ1) is 16.1. The zero-order chi connectivity index (χ0) is 14.5. The van der Waals surface area contributed by atoms with Crippen LogP contribution in [0.4, 0.5) is 19.0 Å². The molecule has 1 aromatic rings. The first-order valence-corrected chi connectivity index (χ1v) is 6.74. The Labute approximate surface area is 116 Å². The van der Waals surface area contributed by atoms with Crippen molar-refractivity contribution in [2.45, 2.75) is 32.9 Å². The molecule has 1 N–H and O–H groups in total. The molecule has 1 aromatic heterocycles. The lowest BCUT2D eigenvalue weighted by molar-refractivity contribution is -0.141. The summed E-state index contributed by atoms with van der Waals surface area (Å²) in [6.45, 7) is 4.55. The fourth-order valence-electron chi connectivity index (χ4n) is 1.71. The van der Waals surface area contributed by atoms with Crippen LogP contribution in [-0.2, 0) is 6.18 Å². The molecule has 108 valence electrons. The highest BCUT2D eigenvalue weighted by Gasteiger charge is 2.32. The van der Waals surface area contributed by atoms with E-state index in [9.17, 15) is 13.2 Å². The largest absolute Gasteiger partial charge is 0.433 e. The quantitative estimate of drug-likeness (QED) is 0.778. The smallest absolute Gasteiger partial charge is 0.369 e. The van der Waals surface area contributed by atoms with E-state index in [0.29, 0.717) is 12.4 Å². The van der Waals surface area contributed by atoms with Crippen LogP contribution < -0.4 is 5.32 Å². The summed E-state index contributed by atoms with van der Waals surface area (Å²) in [6, 6.07) is 3.83. The maximum absolute atomic E-state index is 12.5. The van der Waals surface area contributed by atoms with Gasteiger partial charge >= 0.3 is 6.18 Å². The molecule has 0 saturated carbocycles. The number of aromatic nitrogens is 1. The van der Waals surface area contributed by atoms with E-state index in [1.807, 2.05) is 13.8 Å². The number of hydrogen-bond donors (Lipinski definition) is 1. The number of nitrogens with zero attached hydrogens (tertiary/aromatic N) is 1. The number of halogens is 4. The fourth-order valence-corrected chi connectivity index (χ4v) is 2.18. The maximum Gasteiger partial charge on any atom is 0.433 e. The molecule has 1 heterocycles. The van der Waals surface area contributed by atoms with Gasteiger partial charge in [0.05, 0.1) is 0 Å². The third-order valence-corrected chi connectivity index (χ3v) is 4.03. The summed E-state index contributed by atoms with van der Waals surface area (Å²) < 4.78 is 37.6. The number of rotatable bonds is 6. The Morgan fingerprint density at radius 3 is 2.32 bits per heavy atom. The summed E-state index contributed by atoms with van der Waals surface area (Å²) >= 11 is 5.95. The third kappa shape index (κ3) is 4.27. The minimum Gasteiger partial charge on any atom is -0.369 e. The number of anilines is 1. The number of alkyl halides is 4. The molecule has 0 fully saturated rings. The van der Waals surface area contributed by atoms with Crippen LogP contribution in [0.2, 0.25) is 0 Å². The van der Waals surface area contributed by atoms with E-state index in [1.54, 1.807) is 0 Å². The van der Waals surface area contributed by atoms with Gasteiger partial charge in [-0.1, -0.05) is 19.9 Å². The molecule has 19 heavy (non-hydrogen) atoms. The SMILES string of the molecule is CCC(CC)(CCl)CNc1cccc(C(F)(F)F)n1. The second-order valence-electron chi connectivity index (χ2n) is 4.60. The Balaban J connectivity index is 2.78. The monoisotopic (exact) mass is 294 g/mol. The van der Waals surface area contributed by atoms with Gasteiger partial charge in [0, 0.05) is 17.8 Å². The minimum atomic E-state index is -4.42. The highest BCUT2D eigenvalue weighted by atomic mass is 35.5. The highest BCUT2D eigenvalue weighted by Crippen LogP contribution is 2.30. The summed E-state index contributed by atoms with van der Waals surface area (Å²) in [7, 11) is 0. The average molecular weight is 295 g/mol. The highest BCUT2D eigenvalue weighted by molar-refractivity contribution is 6.18. The number of hydrogen-bond acceptors (Lipinski definition) is 2. The van der Waals surface area contributed by atoms with Crippen LogP contribution in [0, 0.1) is 5.41 Å². The first-order chi connectivity index (χ1) is 8.87. The Morgan fingerprint density at radius 1 is 1.21 bits per heavy atom. The van der Waals surface area contributed by atoms with E-state index in [-0.39, 0.29) is 11.2 Å². The van der Waals surface area contributed by atoms with Crippen LogP contribution in [0.1, 0.15) is 32.4 Å². The van der Waals surface area contributed by atoms with Gasteiger partial charge in [-0.15, -0.1) is 11.6 Å². The van der Waals surface area contributed by atoms with Crippen molar-refractivity contribution in [1.82, 2.24) is 4.98 Å². The molecule has 0 radical (unpaired) electrons. The van der Waals surface area contributed by atoms with E-state index in [0.717, 1.165) is 18.9 Å². The Kier molecular flexibility index (Phi) is 5.47. The summed E-state index contributed by atoms with van der Waals surface area (Å²) in [6.07, 6.45) is -2.70. The first-order valence-electron chi connectivity index (χ1n) is 6.21. The topological polar surface area (TPSA) is 24.9 Å². The van der Waals surface area contributed by atoms with Gasteiger partial charge in [-0.05, 0) is 25.0 Å². The molecular formula is C13H18ClF3N2. The van der Waals surface area contributed by atoms with E-state index in [2.05, 4.69) is 10.3 Å². The lowest BCUT2D eigenvalue weighted by atomic mass is 9.84. The minimum absolute atomic E-state index is 0.114. The molecular weight excluding hydrogens is 277 g/mol. The molecule has 0 spiro atoms. The van der Waals surface area contributed by atoms with Crippen LogP contribution in [-0.4, -0.2) is 17.4 Å². The Bertz CT molecular complexity index is 395. The van der Waals surface area contributed by atoms with Crippen molar-refractivity contribution in [3.8, 4) is 0 Å². The summed E-state index contributed by atoms with van der Waals surface area (Å²) in [4.78, 5) is 3.57. The van der Waals surface area contributed by atoms with Gasteiger partial charge in [0.15, 0.2) is 0 Å². The van der Waals surface area contributed by atoms with Gasteiger partial charge in [0.1, 0.15) is 11.5 Å². The van der Waals surface area contributed by atoms with Crippen LogP contribution in [0.15, 0.2) is 18.2 Å². The average Bonchev–Trinajstić information content (AvgIpc) is 2.40. The van der Waals surface area contributed by atoms with Gasteiger partial charge in [-0.3, -0.25) is 0 Å². The normalized spacial score (nSPS) is 12.5. The number of nitrogens with one attached hydrogen (secondary N) is 1. The van der Waals surface area contributed by atoms with E-state index in [4.69, 9.17) is 11.6 Å². The van der Waals surface area contributed by atoms with Crippen molar-refractivity contribution in [2.24, 2.45) is 5.41 Å². The maximum atomic E-state index is 12.5. The molecule has 0 atom stereocenters.